The molecule has 5 rings (SSSR count). The Balaban J connectivity index is 1.24. The van der Waals surface area contributed by atoms with Crippen LogP contribution < -0.4 is 5.32 Å². The molecule has 1 aliphatic heterocycles. The van der Waals surface area contributed by atoms with Gasteiger partial charge in [-0.25, -0.2) is 4.79 Å². The molecule has 0 unspecified atom stereocenters. The lowest BCUT2D eigenvalue weighted by molar-refractivity contribution is -0.139. The van der Waals surface area contributed by atoms with Gasteiger partial charge in [-0.2, -0.15) is 0 Å². The van der Waals surface area contributed by atoms with E-state index in [-0.39, 0.29) is 27.9 Å². The number of carboxylic acids is 1. The lowest BCUT2D eigenvalue weighted by atomic mass is 9.96. The number of pyridine rings is 1. The molecule has 3 aromatic carbocycles. The monoisotopic (exact) mass is 573 g/mol. The van der Waals surface area contributed by atoms with E-state index in [0.29, 0.717) is 25.2 Å². The number of aromatic nitrogens is 1. The van der Waals surface area contributed by atoms with Crippen LogP contribution in [0.5, 0.6) is 0 Å². The number of amides is 2. The number of fused-ring (bicyclic) bond motifs is 1. The predicted molar refractivity (Wildman–Crippen MR) is 156 cm³/mol. The van der Waals surface area contributed by atoms with Gasteiger partial charge in [0, 0.05) is 31.1 Å². The molecule has 0 aliphatic carbocycles. The Morgan fingerprint density at radius 1 is 0.950 bits per heavy atom. The fraction of sp³-hybridized carbons (Fsp3) is 0.161. The van der Waals surface area contributed by atoms with E-state index in [4.69, 9.17) is 23.2 Å². The summed E-state index contributed by atoms with van der Waals surface area (Å²) in [4.78, 5) is 43.9. The molecule has 0 saturated heterocycles. The third-order valence-electron chi connectivity index (χ3n) is 6.93. The molecule has 2 heterocycles. The number of halogens is 2. The number of carbonyl (C=O) groups excluding carboxylic acids is 2. The van der Waals surface area contributed by atoms with E-state index in [1.54, 1.807) is 17.2 Å². The van der Waals surface area contributed by atoms with E-state index in [9.17, 15) is 19.5 Å². The molecule has 0 spiro atoms. The Labute approximate surface area is 241 Å². The lowest BCUT2D eigenvalue weighted by Gasteiger charge is -2.27. The van der Waals surface area contributed by atoms with Crippen LogP contribution in [-0.4, -0.2) is 51.9 Å². The number of carboxylic acid groups (broad SMARTS) is 1. The summed E-state index contributed by atoms with van der Waals surface area (Å²) in [6.45, 7) is 1.04. The third kappa shape index (κ3) is 5.86. The molecule has 1 aromatic heterocycles. The van der Waals surface area contributed by atoms with Crippen molar-refractivity contribution in [3.8, 4) is 0 Å². The average Bonchev–Trinajstić information content (AvgIpc) is 2.96. The van der Waals surface area contributed by atoms with Crippen LogP contribution in [0.3, 0.4) is 0 Å². The van der Waals surface area contributed by atoms with Crippen molar-refractivity contribution in [2.24, 2.45) is 0 Å². The van der Waals surface area contributed by atoms with Crippen molar-refractivity contribution in [1.82, 2.24) is 15.2 Å². The largest absolute Gasteiger partial charge is 0.480 e. The topological polar surface area (TPSA) is 99.6 Å². The van der Waals surface area contributed by atoms with Crippen molar-refractivity contribution in [3.63, 3.8) is 0 Å². The molecule has 1 aliphatic rings. The number of aliphatic carboxylic acids is 1. The van der Waals surface area contributed by atoms with Gasteiger partial charge in [0.2, 0.25) is 0 Å². The Morgan fingerprint density at radius 3 is 2.35 bits per heavy atom. The third-order valence-corrected chi connectivity index (χ3v) is 7.56. The molecule has 4 aromatic rings. The normalized spacial score (nSPS) is 13.9. The van der Waals surface area contributed by atoms with Gasteiger partial charge in [-0.3, -0.25) is 14.6 Å². The minimum atomic E-state index is -1.17. The first-order valence-electron chi connectivity index (χ1n) is 12.7. The van der Waals surface area contributed by atoms with Crippen molar-refractivity contribution >= 4 is 57.3 Å². The van der Waals surface area contributed by atoms with Crippen molar-refractivity contribution in [1.29, 1.82) is 0 Å². The second-order valence-corrected chi connectivity index (χ2v) is 10.3. The maximum absolute atomic E-state index is 13.2. The van der Waals surface area contributed by atoms with Gasteiger partial charge < -0.3 is 15.3 Å². The molecule has 202 valence electrons. The molecule has 0 radical (unpaired) electrons. The smallest absolute Gasteiger partial charge is 0.326 e. The zero-order chi connectivity index (χ0) is 28.2. The van der Waals surface area contributed by atoms with Gasteiger partial charge in [0.15, 0.2) is 0 Å². The Morgan fingerprint density at radius 2 is 1.68 bits per heavy atom. The molecule has 2 amide bonds. The number of benzene rings is 3. The van der Waals surface area contributed by atoms with Gasteiger partial charge in [0.1, 0.15) is 11.7 Å². The van der Waals surface area contributed by atoms with E-state index in [1.807, 2.05) is 60.7 Å². The summed E-state index contributed by atoms with van der Waals surface area (Å²) in [7, 11) is 0. The lowest BCUT2D eigenvalue weighted by Crippen LogP contribution is -2.42. The molecular formula is C31H25Cl2N3O4. The first kappa shape index (κ1) is 27.4. The summed E-state index contributed by atoms with van der Waals surface area (Å²) in [6.07, 6.45) is 4.47. The van der Waals surface area contributed by atoms with Crippen LogP contribution in [0.4, 0.5) is 0 Å². The SMILES string of the molecule is O=C(N[C@@H](Cc1ccc(C2=CCN(C(=O)c3nccc4ccccc34)CC2)cc1)C(=O)O)c1c(Cl)cccc1Cl. The second kappa shape index (κ2) is 11.9. The van der Waals surface area contributed by atoms with E-state index in [1.165, 1.54) is 12.1 Å². The van der Waals surface area contributed by atoms with Crippen LogP contribution in [0.25, 0.3) is 16.3 Å². The molecule has 9 heteroatoms. The molecular weight excluding hydrogens is 549 g/mol. The predicted octanol–water partition coefficient (Wildman–Crippen LogP) is 5.90. The highest BCUT2D eigenvalue weighted by molar-refractivity contribution is 6.39. The maximum atomic E-state index is 13.2. The Kier molecular flexibility index (Phi) is 8.14. The van der Waals surface area contributed by atoms with E-state index in [2.05, 4.69) is 10.3 Å². The average molecular weight is 574 g/mol. The molecule has 1 atom stereocenters. The van der Waals surface area contributed by atoms with Gasteiger partial charge >= 0.3 is 5.97 Å². The molecule has 40 heavy (non-hydrogen) atoms. The van der Waals surface area contributed by atoms with Crippen molar-refractivity contribution in [2.75, 3.05) is 13.1 Å². The fourth-order valence-corrected chi connectivity index (χ4v) is 5.36. The van der Waals surface area contributed by atoms with Gasteiger partial charge in [-0.1, -0.05) is 83.9 Å². The number of rotatable bonds is 7. The Bertz CT molecular complexity index is 1610. The minimum absolute atomic E-state index is 0.0421. The summed E-state index contributed by atoms with van der Waals surface area (Å²) in [5.41, 5.74) is 3.35. The molecule has 0 fully saturated rings. The first-order valence-corrected chi connectivity index (χ1v) is 13.5. The zero-order valence-electron chi connectivity index (χ0n) is 21.3. The summed E-state index contributed by atoms with van der Waals surface area (Å²) in [5.74, 6) is -1.91. The quantitative estimate of drug-likeness (QED) is 0.287. The number of carbonyl (C=O) groups is 3. The summed E-state index contributed by atoms with van der Waals surface area (Å²) in [6, 6.07) is 20.6. The van der Waals surface area contributed by atoms with E-state index >= 15 is 0 Å². The minimum Gasteiger partial charge on any atom is -0.480 e. The van der Waals surface area contributed by atoms with Crippen LogP contribution in [0.15, 0.2) is 85.1 Å². The summed E-state index contributed by atoms with van der Waals surface area (Å²) >= 11 is 12.2. The van der Waals surface area contributed by atoms with Crippen molar-refractivity contribution < 1.29 is 19.5 Å². The van der Waals surface area contributed by atoms with Crippen LogP contribution in [0, 0.1) is 0 Å². The number of nitrogens with zero attached hydrogens (tertiary/aromatic N) is 2. The number of nitrogens with one attached hydrogen (secondary N) is 1. The van der Waals surface area contributed by atoms with Crippen LogP contribution in [-0.2, 0) is 11.2 Å². The van der Waals surface area contributed by atoms with Crippen LogP contribution in [0.2, 0.25) is 10.0 Å². The molecule has 7 nitrogen and oxygen atoms in total. The maximum Gasteiger partial charge on any atom is 0.326 e. The molecule has 2 N–H and O–H groups in total. The van der Waals surface area contributed by atoms with Crippen LogP contribution in [0.1, 0.15) is 38.4 Å². The van der Waals surface area contributed by atoms with Gasteiger partial charge in [-0.15, -0.1) is 0 Å². The standard InChI is InChI=1S/C31H25Cl2N3O4/c32-24-6-3-7-25(33)27(24)29(37)35-26(31(39)40)18-19-8-10-20(11-9-19)21-13-16-36(17-14-21)30(38)28-23-5-2-1-4-22(23)12-15-34-28/h1-13,15,26H,14,16-18H2,(H,35,37)(H,39,40)/t26-/m0/s1. The van der Waals surface area contributed by atoms with Gasteiger partial charge in [0.25, 0.3) is 11.8 Å². The second-order valence-electron chi connectivity index (χ2n) is 9.47. The van der Waals surface area contributed by atoms with E-state index in [0.717, 1.165) is 27.5 Å². The van der Waals surface area contributed by atoms with Gasteiger partial charge in [-0.05, 0) is 46.7 Å². The van der Waals surface area contributed by atoms with Crippen molar-refractivity contribution in [2.45, 2.75) is 18.9 Å². The summed E-state index contributed by atoms with van der Waals surface area (Å²) < 4.78 is 0. The van der Waals surface area contributed by atoms with Gasteiger partial charge in [0.05, 0.1) is 15.6 Å². The Hall–Kier alpha value is -4.20. The van der Waals surface area contributed by atoms with Crippen molar-refractivity contribution in [3.05, 3.63) is 117 Å². The highest BCUT2D eigenvalue weighted by Gasteiger charge is 2.25. The fourth-order valence-electron chi connectivity index (χ4n) is 4.79. The molecule has 0 saturated carbocycles. The van der Waals surface area contributed by atoms with E-state index < -0.39 is 17.9 Å². The first-order chi connectivity index (χ1) is 19.3. The number of hydrogen-bond acceptors (Lipinski definition) is 4. The highest BCUT2D eigenvalue weighted by Crippen LogP contribution is 2.26. The highest BCUT2D eigenvalue weighted by atomic mass is 35.5. The van der Waals surface area contributed by atoms with Crippen LogP contribution >= 0.6 is 23.2 Å². The summed E-state index contributed by atoms with van der Waals surface area (Å²) in [5, 5.41) is 14.3. The number of hydrogen-bond donors (Lipinski definition) is 2. The zero-order valence-corrected chi connectivity index (χ0v) is 22.8. The molecule has 0 bridgehead atoms.